The van der Waals surface area contributed by atoms with E-state index in [0.717, 1.165) is 12.8 Å². The van der Waals surface area contributed by atoms with Crippen LogP contribution >= 0.6 is 0 Å². The summed E-state index contributed by atoms with van der Waals surface area (Å²) >= 11 is 0. The second-order valence-corrected chi connectivity index (χ2v) is 7.47. The van der Waals surface area contributed by atoms with Gasteiger partial charge in [0.15, 0.2) is 0 Å². The first-order valence-electron chi connectivity index (χ1n) is 8.73. The molecule has 2 amide bonds. The molecule has 0 spiro atoms. The summed E-state index contributed by atoms with van der Waals surface area (Å²) < 4.78 is 18.8. The minimum absolute atomic E-state index is 0.234. The van der Waals surface area contributed by atoms with E-state index in [1.807, 2.05) is 0 Å². The van der Waals surface area contributed by atoms with Crippen molar-refractivity contribution in [2.75, 3.05) is 6.54 Å². The number of nitrogens with zero attached hydrogens (tertiary/aromatic N) is 1. The highest BCUT2D eigenvalue weighted by atomic mass is 19.1. The van der Waals surface area contributed by atoms with Crippen LogP contribution in [0.4, 0.5) is 9.18 Å². The highest BCUT2D eigenvalue weighted by Crippen LogP contribution is 2.22. The standard InChI is InChI=1S/C19H27FN2O3/c1-13(14-8-7-9-15(20)12-14)21-17(23)16-10-5-6-11-22(16)18(24)25-19(2,3)4/h7-9,12-13,16H,5-6,10-11H2,1-4H3,(H,21,23). The lowest BCUT2D eigenvalue weighted by Crippen LogP contribution is -2.53. The molecule has 0 bridgehead atoms. The van der Waals surface area contributed by atoms with Gasteiger partial charge in [0.1, 0.15) is 17.5 Å². The molecule has 2 atom stereocenters. The van der Waals surface area contributed by atoms with Gasteiger partial charge in [-0.1, -0.05) is 12.1 Å². The molecule has 1 N–H and O–H groups in total. The first-order chi connectivity index (χ1) is 11.7. The molecular weight excluding hydrogens is 323 g/mol. The Labute approximate surface area is 148 Å². The fourth-order valence-corrected chi connectivity index (χ4v) is 2.91. The third-order valence-corrected chi connectivity index (χ3v) is 4.14. The number of amides is 2. The monoisotopic (exact) mass is 350 g/mol. The smallest absolute Gasteiger partial charge is 0.410 e. The van der Waals surface area contributed by atoms with Crippen molar-refractivity contribution in [2.24, 2.45) is 0 Å². The molecule has 2 unspecified atom stereocenters. The fourth-order valence-electron chi connectivity index (χ4n) is 2.91. The number of carbonyl (C=O) groups excluding carboxylic acids is 2. The van der Waals surface area contributed by atoms with Crippen LogP contribution in [0.2, 0.25) is 0 Å². The van der Waals surface area contributed by atoms with Crippen molar-refractivity contribution in [1.29, 1.82) is 0 Å². The van der Waals surface area contributed by atoms with E-state index in [2.05, 4.69) is 5.32 Å². The molecule has 0 aliphatic carbocycles. The molecule has 1 aliphatic heterocycles. The van der Waals surface area contributed by atoms with Crippen LogP contribution in [0.25, 0.3) is 0 Å². The molecule has 1 aliphatic rings. The van der Waals surface area contributed by atoms with E-state index in [1.54, 1.807) is 39.8 Å². The lowest BCUT2D eigenvalue weighted by atomic mass is 10.0. The molecule has 2 rings (SSSR count). The number of hydrogen-bond donors (Lipinski definition) is 1. The number of hydrogen-bond acceptors (Lipinski definition) is 3. The molecule has 5 nitrogen and oxygen atoms in total. The number of nitrogens with one attached hydrogen (secondary N) is 1. The summed E-state index contributed by atoms with van der Waals surface area (Å²) in [6, 6.07) is 5.24. The number of halogens is 1. The summed E-state index contributed by atoms with van der Waals surface area (Å²) in [7, 11) is 0. The van der Waals surface area contributed by atoms with Crippen molar-refractivity contribution in [3.8, 4) is 0 Å². The SMILES string of the molecule is CC(NC(=O)C1CCCCN1C(=O)OC(C)(C)C)c1cccc(F)c1. The van der Waals surface area contributed by atoms with Crippen LogP contribution in [-0.2, 0) is 9.53 Å². The summed E-state index contributed by atoms with van der Waals surface area (Å²) in [6.45, 7) is 7.70. The van der Waals surface area contributed by atoms with Gasteiger partial charge in [-0.2, -0.15) is 0 Å². The Morgan fingerprint density at radius 3 is 2.68 bits per heavy atom. The van der Waals surface area contributed by atoms with Crippen molar-refractivity contribution >= 4 is 12.0 Å². The maximum absolute atomic E-state index is 13.4. The Morgan fingerprint density at radius 2 is 2.04 bits per heavy atom. The zero-order chi connectivity index (χ0) is 18.6. The van der Waals surface area contributed by atoms with Gasteiger partial charge < -0.3 is 10.1 Å². The van der Waals surface area contributed by atoms with Crippen molar-refractivity contribution < 1.29 is 18.7 Å². The molecule has 1 heterocycles. The normalized spacial score (nSPS) is 19.2. The summed E-state index contributed by atoms with van der Waals surface area (Å²) in [5.74, 6) is -0.575. The van der Waals surface area contributed by atoms with Gasteiger partial charge in [-0.05, 0) is 64.7 Å². The average molecular weight is 350 g/mol. The fraction of sp³-hybridized carbons (Fsp3) is 0.579. The van der Waals surface area contributed by atoms with Gasteiger partial charge in [-0.25, -0.2) is 9.18 Å². The number of benzene rings is 1. The molecule has 1 aromatic carbocycles. The van der Waals surface area contributed by atoms with Crippen LogP contribution in [-0.4, -0.2) is 35.1 Å². The molecule has 6 heteroatoms. The van der Waals surface area contributed by atoms with Gasteiger partial charge in [0.05, 0.1) is 6.04 Å². The van der Waals surface area contributed by atoms with Crippen LogP contribution < -0.4 is 5.32 Å². The van der Waals surface area contributed by atoms with Crippen molar-refractivity contribution in [3.05, 3.63) is 35.6 Å². The second-order valence-electron chi connectivity index (χ2n) is 7.47. The van der Waals surface area contributed by atoms with Gasteiger partial charge in [0.25, 0.3) is 0 Å². The highest BCUT2D eigenvalue weighted by molar-refractivity contribution is 5.86. The molecule has 0 aromatic heterocycles. The van der Waals surface area contributed by atoms with E-state index in [-0.39, 0.29) is 17.8 Å². The van der Waals surface area contributed by atoms with E-state index in [1.165, 1.54) is 17.0 Å². The number of rotatable bonds is 3. The molecule has 1 aromatic rings. The lowest BCUT2D eigenvalue weighted by Gasteiger charge is -2.36. The first kappa shape index (κ1) is 19.2. The van der Waals surface area contributed by atoms with E-state index in [9.17, 15) is 14.0 Å². The van der Waals surface area contributed by atoms with Gasteiger partial charge in [0, 0.05) is 6.54 Å². The zero-order valence-electron chi connectivity index (χ0n) is 15.3. The Morgan fingerprint density at radius 1 is 1.32 bits per heavy atom. The third kappa shape index (κ3) is 5.44. The van der Waals surface area contributed by atoms with Gasteiger partial charge in [0.2, 0.25) is 5.91 Å². The van der Waals surface area contributed by atoms with E-state index in [4.69, 9.17) is 4.74 Å². The Kier molecular flexibility index (Phi) is 6.03. The third-order valence-electron chi connectivity index (χ3n) is 4.14. The second kappa shape index (κ2) is 7.85. The van der Waals surface area contributed by atoms with Gasteiger partial charge in [-0.3, -0.25) is 9.69 Å². The summed E-state index contributed by atoms with van der Waals surface area (Å²) in [6.07, 6.45) is 1.86. The van der Waals surface area contributed by atoms with E-state index in [0.29, 0.717) is 18.5 Å². The number of ether oxygens (including phenoxy) is 1. The van der Waals surface area contributed by atoms with Crippen LogP contribution in [0.1, 0.15) is 58.6 Å². The quantitative estimate of drug-likeness (QED) is 0.902. The predicted molar refractivity (Wildman–Crippen MR) is 93.5 cm³/mol. The molecule has 1 fully saturated rings. The topological polar surface area (TPSA) is 58.6 Å². The van der Waals surface area contributed by atoms with Gasteiger partial charge >= 0.3 is 6.09 Å². The molecule has 0 saturated carbocycles. The Balaban J connectivity index is 2.06. The maximum atomic E-state index is 13.4. The van der Waals surface area contributed by atoms with Crippen molar-refractivity contribution in [1.82, 2.24) is 10.2 Å². The number of piperidine rings is 1. The molecule has 138 valence electrons. The molecular formula is C19H27FN2O3. The molecule has 0 radical (unpaired) electrons. The minimum atomic E-state index is -0.607. The van der Waals surface area contributed by atoms with E-state index >= 15 is 0 Å². The summed E-state index contributed by atoms with van der Waals surface area (Å²) in [5.41, 5.74) is 0.0812. The summed E-state index contributed by atoms with van der Waals surface area (Å²) in [4.78, 5) is 26.6. The number of carbonyl (C=O) groups is 2. The molecule has 25 heavy (non-hydrogen) atoms. The van der Waals surface area contributed by atoms with Crippen molar-refractivity contribution in [3.63, 3.8) is 0 Å². The molecule has 1 saturated heterocycles. The minimum Gasteiger partial charge on any atom is -0.444 e. The highest BCUT2D eigenvalue weighted by Gasteiger charge is 2.35. The lowest BCUT2D eigenvalue weighted by molar-refractivity contribution is -0.128. The Hall–Kier alpha value is -2.11. The summed E-state index contributed by atoms with van der Waals surface area (Å²) in [5, 5.41) is 2.89. The van der Waals surface area contributed by atoms with Crippen molar-refractivity contribution in [2.45, 2.75) is 64.6 Å². The van der Waals surface area contributed by atoms with Crippen LogP contribution in [0, 0.1) is 5.82 Å². The Bertz CT molecular complexity index is 627. The zero-order valence-corrected chi connectivity index (χ0v) is 15.3. The van der Waals surface area contributed by atoms with Gasteiger partial charge in [-0.15, -0.1) is 0 Å². The largest absolute Gasteiger partial charge is 0.444 e. The van der Waals surface area contributed by atoms with Crippen LogP contribution in [0.5, 0.6) is 0 Å². The first-order valence-corrected chi connectivity index (χ1v) is 8.73. The number of likely N-dealkylation sites (tertiary alicyclic amines) is 1. The average Bonchev–Trinajstić information content (AvgIpc) is 2.53. The maximum Gasteiger partial charge on any atom is 0.410 e. The van der Waals surface area contributed by atoms with Crippen LogP contribution in [0.15, 0.2) is 24.3 Å². The predicted octanol–water partition coefficient (Wildman–Crippen LogP) is 3.79. The van der Waals surface area contributed by atoms with Crippen LogP contribution in [0.3, 0.4) is 0 Å². The van der Waals surface area contributed by atoms with E-state index < -0.39 is 17.7 Å².